The third-order valence-corrected chi connectivity index (χ3v) is 2.27. The van der Waals surface area contributed by atoms with E-state index in [9.17, 15) is 17.6 Å². The minimum Gasteiger partial charge on any atom is -0.315 e. The Bertz CT molecular complexity index is 507. The molecule has 2 heterocycles. The standard InChI is InChI=1S/C8H4F4N4S/c9-4-1-2-5(13-3-4)14-7-15-6(16-17-7)8(10,11)12/h1-3H,(H,13,14,15,16). The summed E-state index contributed by atoms with van der Waals surface area (Å²) in [5.41, 5.74) is 0. The van der Waals surface area contributed by atoms with Gasteiger partial charge in [0.15, 0.2) is 0 Å². The van der Waals surface area contributed by atoms with Gasteiger partial charge in [0.2, 0.25) is 11.0 Å². The van der Waals surface area contributed by atoms with Gasteiger partial charge in [-0.25, -0.2) is 9.37 Å². The summed E-state index contributed by atoms with van der Waals surface area (Å²) < 4.78 is 52.2. The van der Waals surface area contributed by atoms with E-state index in [4.69, 9.17) is 0 Å². The molecule has 0 fully saturated rings. The van der Waals surface area contributed by atoms with Crippen LogP contribution in [0.2, 0.25) is 0 Å². The van der Waals surface area contributed by atoms with Crippen molar-refractivity contribution in [3.8, 4) is 0 Å². The van der Waals surface area contributed by atoms with E-state index in [2.05, 4.69) is 19.7 Å². The van der Waals surface area contributed by atoms with Gasteiger partial charge < -0.3 is 5.32 Å². The number of hydrogen-bond acceptors (Lipinski definition) is 5. The first-order valence-electron chi connectivity index (χ1n) is 4.24. The average molecular weight is 264 g/mol. The molecule has 0 atom stereocenters. The lowest BCUT2D eigenvalue weighted by Crippen LogP contribution is -2.07. The van der Waals surface area contributed by atoms with Gasteiger partial charge in [-0.3, -0.25) is 0 Å². The molecule has 17 heavy (non-hydrogen) atoms. The van der Waals surface area contributed by atoms with Gasteiger partial charge in [0.05, 0.1) is 6.20 Å². The van der Waals surface area contributed by atoms with Crippen LogP contribution in [0.25, 0.3) is 0 Å². The Morgan fingerprint density at radius 1 is 1.24 bits per heavy atom. The molecule has 4 nitrogen and oxygen atoms in total. The fraction of sp³-hybridized carbons (Fsp3) is 0.125. The van der Waals surface area contributed by atoms with Crippen LogP contribution in [0.5, 0.6) is 0 Å². The Morgan fingerprint density at radius 3 is 2.53 bits per heavy atom. The lowest BCUT2D eigenvalue weighted by Gasteiger charge is -2.00. The predicted molar refractivity (Wildman–Crippen MR) is 52.4 cm³/mol. The number of aromatic nitrogens is 3. The van der Waals surface area contributed by atoms with Crippen molar-refractivity contribution in [2.24, 2.45) is 0 Å². The summed E-state index contributed by atoms with van der Waals surface area (Å²) in [6.07, 6.45) is -3.64. The lowest BCUT2D eigenvalue weighted by atomic mass is 10.4. The molecule has 2 aromatic rings. The second-order valence-electron chi connectivity index (χ2n) is 2.91. The molecule has 0 saturated carbocycles. The maximum absolute atomic E-state index is 12.5. The zero-order valence-corrected chi connectivity index (χ0v) is 8.81. The number of anilines is 2. The Hall–Kier alpha value is -1.77. The molecular weight excluding hydrogens is 260 g/mol. The van der Waals surface area contributed by atoms with Crippen LogP contribution < -0.4 is 5.32 Å². The molecule has 0 aliphatic carbocycles. The fourth-order valence-electron chi connectivity index (χ4n) is 0.949. The van der Waals surface area contributed by atoms with Gasteiger partial charge in [-0.2, -0.15) is 22.5 Å². The highest BCUT2D eigenvalue weighted by atomic mass is 32.1. The van der Waals surface area contributed by atoms with Crippen molar-refractivity contribution in [1.82, 2.24) is 14.3 Å². The number of halogens is 4. The van der Waals surface area contributed by atoms with E-state index in [0.717, 1.165) is 12.3 Å². The normalized spacial score (nSPS) is 11.5. The quantitative estimate of drug-likeness (QED) is 0.847. The first-order valence-corrected chi connectivity index (χ1v) is 5.02. The first kappa shape index (κ1) is 11.7. The molecule has 9 heteroatoms. The molecule has 0 amide bonds. The zero-order valence-electron chi connectivity index (χ0n) is 7.99. The smallest absolute Gasteiger partial charge is 0.315 e. The van der Waals surface area contributed by atoms with Crippen LogP contribution in [0.4, 0.5) is 28.5 Å². The van der Waals surface area contributed by atoms with Crippen molar-refractivity contribution >= 4 is 22.5 Å². The zero-order chi connectivity index (χ0) is 12.5. The van der Waals surface area contributed by atoms with E-state index in [1.54, 1.807) is 0 Å². The Kier molecular flexibility index (Phi) is 2.92. The van der Waals surface area contributed by atoms with E-state index in [-0.39, 0.29) is 10.9 Å². The van der Waals surface area contributed by atoms with E-state index < -0.39 is 17.8 Å². The van der Waals surface area contributed by atoms with Gasteiger partial charge in [0, 0.05) is 11.5 Å². The van der Waals surface area contributed by atoms with Crippen molar-refractivity contribution in [2.75, 3.05) is 5.32 Å². The first-order chi connectivity index (χ1) is 7.95. The second kappa shape index (κ2) is 4.24. The Balaban J connectivity index is 2.14. The van der Waals surface area contributed by atoms with Crippen molar-refractivity contribution in [3.05, 3.63) is 30.0 Å². The minimum absolute atomic E-state index is 0.0589. The van der Waals surface area contributed by atoms with E-state index >= 15 is 0 Å². The van der Waals surface area contributed by atoms with Gasteiger partial charge in [-0.15, -0.1) is 0 Å². The van der Waals surface area contributed by atoms with Gasteiger partial charge in [-0.05, 0) is 12.1 Å². The number of rotatable bonds is 2. The molecule has 0 radical (unpaired) electrons. The number of hydrogen-bond donors (Lipinski definition) is 1. The summed E-state index contributed by atoms with van der Waals surface area (Å²) in [7, 11) is 0. The molecule has 0 aromatic carbocycles. The summed E-state index contributed by atoms with van der Waals surface area (Å²) in [5.74, 6) is -1.56. The van der Waals surface area contributed by atoms with Crippen molar-refractivity contribution in [3.63, 3.8) is 0 Å². The number of nitrogens with one attached hydrogen (secondary N) is 1. The van der Waals surface area contributed by atoms with Crippen LogP contribution in [0, 0.1) is 5.82 Å². The molecule has 0 unspecified atom stereocenters. The summed E-state index contributed by atoms with van der Waals surface area (Å²) >= 11 is 0.549. The predicted octanol–water partition coefficient (Wildman–Crippen LogP) is 2.83. The van der Waals surface area contributed by atoms with Gasteiger partial charge >= 0.3 is 6.18 Å². The highest BCUT2D eigenvalue weighted by Crippen LogP contribution is 2.29. The van der Waals surface area contributed by atoms with Crippen LogP contribution >= 0.6 is 11.5 Å². The van der Waals surface area contributed by atoms with Crippen molar-refractivity contribution < 1.29 is 17.6 Å². The molecule has 0 bridgehead atoms. The van der Waals surface area contributed by atoms with Crippen LogP contribution in [-0.4, -0.2) is 14.3 Å². The molecule has 0 aliphatic rings. The fourth-order valence-corrected chi connectivity index (χ4v) is 1.54. The maximum atomic E-state index is 12.5. The van der Waals surface area contributed by atoms with Crippen LogP contribution in [0.3, 0.4) is 0 Å². The monoisotopic (exact) mass is 264 g/mol. The van der Waals surface area contributed by atoms with Crippen LogP contribution in [-0.2, 0) is 6.18 Å². The third kappa shape index (κ3) is 2.87. The summed E-state index contributed by atoms with van der Waals surface area (Å²) in [6, 6.07) is 2.41. The average Bonchev–Trinajstić information content (AvgIpc) is 2.69. The molecule has 2 aromatic heterocycles. The molecule has 2 rings (SSSR count). The Morgan fingerprint density at radius 2 is 2.00 bits per heavy atom. The van der Waals surface area contributed by atoms with Gasteiger partial charge in [-0.1, -0.05) is 0 Å². The molecular formula is C8H4F4N4S. The maximum Gasteiger partial charge on any atom is 0.452 e. The second-order valence-corrected chi connectivity index (χ2v) is 3.66. The van der Waals surface area contributed by atoms with Crippen LogP contribution in [0.15, 0.2) is 18.3 Å². The third-order valence-electron chi connectivity index (χ3n) is 1.64. The summed E-state index contributed by atoms with van der Waals surface area (Å²) in [5, 5.41) is 2.43. The highest BCUT2D eigenvalue weighted by Gasteiger charge is 2.36. The number of nitrogens with zero attached hydrogens (tertiary/aromatic N) is 3. The molecule has 90 valence electrons. The van der Waals surface area contributed by atoms with Crippen molar-refractivity contribution in [2.45, 2.75) is 6.18 Å². The number of alkyl halides is 3. The van der Waals surface area contributed by atoms with E-state index in [1.165, 1.54) is 6.07 Å². The molecule has 0 saturated heterocycles. The summed E-state index contributed by atoms with van der Waals surface area (Å²) in [6.45, 7) is 0. The topological polar surface area (TPSA) is 50.7 Å². The lowest BCUT2D eigenvalue weighted by molar-refractivity contribution is -0.144. The highest BCUT2D eigenvalue weighted by molar-refractivity contribution is 7.09. The largest absolute Gasteiger partial charge is 0.452 e. The number of pyridine rings is 1. The molecule has 1 N–H and O–H groups in total. The SMILES string of the molecule is Fc1ccc(Nc2nc(C(F)(F)F)ns2)nc1. The molecule has 0 aliphatic heterocycles. The van der Waals surface area contributed by atoms with Crippen LogP contribution in [0.1, 0.15) is 5.82 Å². The van der Waals surface area contributed by atoms with Gasteiger partial charge in [0.1, 0.15) is 11.6 Å². The van der Waals surface area contributed by atoms with E-state index in [0.29, 0.717) is 11.5 Å². The minimum atomic E-state index is -4.58. The van der Waals surface area contributed by atoms with Gasteiger partial charge in [0.25, 0.3) is 0 Å². The molecule has 0 spiro atoms. The Labute approximate surface area is 96.5 Å². The summed E-state index contributed by atoms with van der Waals surface area (Å²) in [4.78, 5) is 6.85. The van der Waals surface area contributed by atoms with Crippen molar-refractivity contribution in [1.29, 1.82) is 0 Å². The van der Waals surface area contributed by atoms with E-state index in [1.807, 2.05) is 0 Å².